The highest BCUT2D eigenvalue weighted by Gasteiger charge is 2.14. The average molecular weight is 356 g/mol. The lowest BCUT2D eigenvalue weighted by molar-refractivity contribution is -0.114. The fraction of sp³-hybridized carbons (Fsp3) is 0.278. The van der Waals surface area contributed by atoms with Crippen molar-refractivity contribution in [1.82, 2.24) is 14.5 Å². The van der Waals surface area contributed by atoms with Gasteiger partial charge in [0.15, 0.2) is 0 Å². The van der Waals surface area contributed by atoms with E-state index in [9.17, 15) is 4.79 Å². The molecule has 6 nitrogen and oxygen atoms in total. The third-order valence-corrected chi connectivity index (χ3v) is 4.55. The molecule has 0 radical (unpaired) electrons. The number of ether oxygens (including phenoxy) is 1. The first-order valence-electron chi connectivity index (χ1n) is 7.93. The van der Waals surface area contributed by atoms with Crippen LogP contribution in [0.5, 0.6) is 5.75 Å². The van der Waals surface area contributed by atoms with E-state index in [2.05, 4.69) is 17.2 Å². The van der Waals surface area contributed by atoms with Crippen LogP contribution in [0.2, 0.25) is 0 Å². The third kappa shape index (κ3) is 3.61. The van der Waals surface area contributed by atoms with E-state index in [1.54, 1.807) is 25.1 Å². The molecule has 3 rings (SSSR count). The van der Waals surface area contributed by atoms with Crippen molar-refractivity contribution in [2.75, 3.05) is 18.2 Å². The van der Waals surface area contributed by atoms with E-state index in [1.807, 2.05) is 36.0 Å². The fourth-order valence-electron chi connectivity index (χ4n) is 2.69. The molecule has 0 spiro atoms. The number of nitrogens with zero attached hydrogens (tertiary/aromatic N) is 3. The maximum Gasteiger partial charge on any atom is 0.222 e. The van der Waals surface area contributed by atoms with Gasteiger partial charge >= 0.3 is 0 Å². The van der Waals surface area contributed by atoms with E-state index < -0.39 is 0 Å². The highest BCUT2D eigenvalue weighted by molar-refractivity contribution is 7.99. The van der Waals surface area contributed by atoms with Crippen LogP contribution in [-0.4, -0.2) is 33.3 Å². The van der Waals surface area contributed by atoms with E-state index in [1.165, 1.54) is 6.92 Å². The third-order valence-electron chi connectivity index (χ3n) is 3.76. The second kappa shape index (κ2) is 7.14. The minimum atomic E-state index is -0.148. The van der Waals surface area contributed by atoms with Crippen molar-refractivity contribution in [2.45, 2.75) is 18.9 Å². The van der Waals surface area contributed by atoms with Crippen LogP contribution in [0.25, 0.3) is 22.2 Å². The number of hydrogen-bond donors (Lipinski definition) is 1. The van der Waals surface area contributed by atoms with Gasteiger partial charge in [0.2, 0.25) is 5.91 Å². The molecule has 1 amide bonds. The molecular formula is C18H20N4O2S. The predicted molar refractivity (Wildman–Crippen MR) is 101 cm³/mol. The maximum atomic E-state index is 11.3. The zero-order valence-electron chi connectivity index (χ0n) is 14.7. The van der Waals surface area contributed by atoms with Crippen LogP contribution in [0, 0.1) is 0 Å². The zero-order valence-corrected chi connectivity index (χ0v) is 15.5. The summed E-state index contributed by atoms with van der Waals surface area (Å²) >= 11 is 1.67. The molecule has 0 aromatic carbocycles. The molecule has 0 saturated heterocycles. The Hall–Kier alpha value is -2.54. The van der Waals surface area contributed by atoms with Crippen LogP contribution in [0.4, 0.5) is 5.82 Å². The van der Waals surface area contributed by atoms with Gasteiger partial charge in [-0.05, 0) is 11.8 Å². The van der Waals surface area contributed by atoms with E-state index >= 15 is 0 Å². The van der Waals surface area contributed by atoms with Crippen molar-refractivity contribution < 1.29 is 9.53 Å². The largest absolute Gasteiger partial charge is 0.497 e. The standard InChI is InChI=1S/C18H20N4O2S/c1-5-25-18-7-12(24-4)6-15(21-18)14-10-22(3)16-9-19-17(8-13(14)16)20-11(2)23/h6-10H,5H2,1-4H3,(H,19,20,23). The smallest absolute Gasteiger partial charge is 0.222 e. The van der Waals surface area contributed by atoms with Gasteiger partial charge in [0.05, 0.1) is 24.5 Å². The summed E-state index contributed by atoms with van der Waals surface area (Å²) in [6.45, 7) is 3.56. The fourth-order valence-corrected chi connectivity index (χ4v) is 3.35. The zero-order chi connectivity index (χ0) is 18.0. The minimum absolute atomic E-state index is 0.148. The van der Waals surface area contributed by atoms with Crippen molar-refractivity contribution in [3.05, 3.63) is 30.6 Å². The van der Waals surface area contributed by atoms with Gasteiger partial charge in [-0.15, -0.1) is 11.8 Å². The molecule has 25 heavy (non-hydrogen) atoms. The van der Waals surface area contributed by atoms with E-state index in [4.69, 9.17) is 9.72 Å². The molecule has 0 saturated carbocycles. The Morgan fingerprint density at radius 3 is 2.84 bits per heavy atom. The quantitative estimate of drug-likeness (QED) is 0.706. The highest BCUT2D eigenvalue weighted by atomic mass is 32.2. The number of anilines is 1. The number of nitrogens with one attached hydrogen (secondary N) is 1. The van der Waals surface area contributed by atoms with E-state index in [0.29, 0.717) is 5.82 Å². The molecular weight excluding hydrogens is 336 g/mol. The van der Waals surface area contributed by atoms with Crippen molar-refractivity contribution in [3.8, 4) is 17.0 Å². The molecule has 0 fully saturated rings. The lowest BCUT2D eigenvalue weighted by Gasteiger charge is -2.07. The monoisotopic (exact) mass is 356 g/mol. The first-order chi connectivity index (χ1) is 12.0. The first-order valence-corrected chi connectivity index (χ1v) is 8.92. The van der Waals surface area contributed by atoms with Crippen molar-refractivity contribution in [1.29, 1.82) is 0 Å². The summed E-state index contributed by atoms with van der Waals surface area (Å²) in [6.07, 6.45) is 3.78. The lowest BCUT2D eigenvalue weighted by atomic mass is 10.1. The molecule has 0 aliphatic rings. The molecule has 3 heterocycles. The maximum absolute atomic E-state index is 11.3. The van der Waals surface area contributed by atoms with Crippen LogP contribution < -0.4 is 10.1 Å². The van der Waals surface area contributed by atoms with Gasteiger partial charge in [-0.2, -0.15) is 0 Å². The van der Waals surface area contributed by atoms with Gasteiger partial charge in [0, 0.05) is 43.3 Å². The Labute approximate surface area is 150 Å². The second-order valence-corrected chi connectivity index (χ2v) is 6.87. The van der Waals surface area contributed by atoms with E-state index in [0.717, 1.165) is 38.7 Å². The van der Waals surface area contributed by atoms with Gasteiger partial charge in [-0.3, -0.25) is 4.79 Å². The van der Waals surface area contributed by atoms with Crippen LogP contribution in [0.15, 0.2) is 35.6 Å². The predicted octanol–water partition coefficient (Wildman–Crippen LogP) is 3.71. The van der Waals surface area contributed by atoms with Crippen LogP contribution >= 0.6 is 11.8 Å². The van der Waals surface area contributed by atoms with Crippen LogP contribution in [0.3, 0.4) is 0 Å². The van der Waals surface area contributed by atoms with Crippen LogP contribution in [0.1, 0.15) is 13.8 Å². The molecule has 1 N–H and O–H groups in total. The van der Waals surface area contributed by atoms with Crippen molar-refractivity contribution >= 4 is 34.4 Å². The number of aromatic nitrogens is 3. The summed E-state index contributed by atoms with van der Waals surface area (Å²) in [4.78, 5) is 20.4. The Kier molecular flexibility index (Phi) is 4.94. The normalized spacial score (nSPS) is 10.9. The summed E-state index contributed by atoms with van der Waals surface area (Å²) in [6, 6.07) is 5.74. The van der Waals surface area contributed by atoms with Crippen molar-refractivity contribution in [3.63, 3.8) is 0 Å². The average Bonchev–Trinajstić information content (AvgIpc) is 2.90. The molecule has 3 aromatic heterocycles. The lowest BCUT2D eigenvalue weighted by Crippen LogP contribution is -2.07. The number of methoxy groups -OCH3 is 1. The number of aryl methyl sites for hydroxylation is 1. The molecule has 3 aromatic rings. The minimum Gasteiger partial charge on any atom is -0.497 e. The molecule has 0 bridgehead atoms. The number of rotatable bonds is 5. The van der Waals surface area contributed by atoms with Gasteiger partial charge in [-0.25, -0.2) is 9.97 Å². The molecule has 0 aliphatic carbocycles. The summed E-state index contributed by atoms with van der Waals surface area (Å²) in [5, 5.41) is 4.63. The number of hydrogen-bond acceptors (Lipinski definition) is 5. The number of pyridine rings is 2. The second-order valence-electron chi connectivity index (χ2n) is 5.59. The Bertz CT molecular complexity index is 936. The summed E-state index contributed by atoms with van der Waals surface area (Å²) in [5.74, 6) is 2.09. The van der Waals surface area contributed by atoms with Crippen molar-refractivity contribution in [2.24, 2.45) is 7.05 Å². The Morgan fingerprint density at radius 2 is 2.16 bits per heavy atom. The molecule has 130 valence electrons. The number of carbonyl (C=O) groups is 1. The van der Waals surface area contributed by atoms with Gasteiger partial charge in [-0.1, -0.05) is 6.92 Å². The molecule has 7 heteroatoms. The molecule has 0 unspecified atom stereocenters. The molecule has 0 aliphatic heterocycles. The number of thioether (sulfide) groups is 1. The van der Waals surface area contributed by atoms with Gasteiger partial charge in [0.1, 0.15) is 16.6 Å². The SMILES string of the molecule is CCSc1cc(OC)cc(-c2cn(C)c3cnc(NC(C)=O)cc23)n1. The van der Waals surface area contributed by atoms with Gasteiger partial charge in [0.25, 0.3) is 0 Å². The van der Waals surface area contributed by atoms with E-state index in [-0.39, 0.29) is 5.91 Å². The summed E-state index contributed by atoms with van der Waals surface area (Å²) in [5.41, 5.74) is 2.78. The number of amides is 1. The summed E-state index contributed by atoms with van der Waals surface area (Å²) < 4.78 is 7.43. The number of fused-ring (bicyclic) bond motifs is 1. The topological polar surface area (TPSA) is 69.0 Å². The first kappa shape index (κ1) is 17.3. The molecule has 0 atom stereocenters. The Balaban J connectivity index is 2.17. The highest BCUT2D eigenvalue weighted by Crippen LogP contribution is 2.33. The number of carbonyl (C=O) groups excluding carboxylic acids is 1. The summed E-state index contributed by atoms with van der Waals surface area (Å²) in [7, 11) is 3.62. The Morgan fingerprint density at radius 1 is 1.36 bits per heavy atom. The van der Waals surface area contributed by atoms with Crippen LogP contribution in [-0.2, 0) is 11.8 Å². The van der Waals surface area contributed by atoms with Gasteiger partial charge < -0.3 is 14.6 Å².